The van der Waals surface area contributed by atoms with Crippen molar-refractivity contribution in [1.82, 2.24) is 9.97 Å². The molecule has 0 aliphatic carbocycles. The van der Waals surface area contributed by atoms with Crippen molar-refractivity contribution in [2.45, 2.75) is 0 Å². The first kappa shape index (κ1) is 9.39. The molecular formula is C10H7FN2O2. The second-order valence-electron chi connectivity index (χ2n) is 2.97. The zero-order chi connectivity index (χ0) is 10.8. The van der Waals surface area contributed by atoms with Gasteiger partial charge in [0.1, 0.15) is 5.82 Å². The van der Waals surface area contributed by atoms with Crippen LogP contribution in [-0.4, -0.2) is 21.0 Å². The molecule has 0 fully saturated rings. The predicted octanol–water partition coefficient (Wildman–Crippen LogP) is 1.80. The highest BCUT2D eigenvalue weighted by molar-refractivity contribution is 5.91. The van der Waals surface area contributed by atoms with Gasteiger partial charge in [0.2, 0.25) is 0 Å². The van der Waals surface area contributed by atoms with E-state index in [1.807, 2.05) is 0 Å². The molecule has 2 rings (SSSR count). The summed E-state index contributed by atoms with van der Waals surface area (Å²) in [4.78, 5) is 17.1. The Bertz CT molecular complexity index is 545. The molecule has 0 amide bonds. The summed E-state index contributed by atoms with van der Waals surface area (Å²) in [5, 5.41) is 8.46. The first-order valence-corrected chi connectivity index (χ1v) is 4.20. The molecular weight excluding hydrogens is 199 g/mol. The van der Waals surface area contributed by atoms with E-state index in [-0.39, 0.29) is 0 Å². The first-order valence-electron chi connectivity index (χ1n) is 4.20. The smallest absolute Gasteiger partial charge is 0.328 e. The van der Waals surface area contributed by atoms with E-state index in [4.69, 9.17) is 5.11 Å². The van der Waals surface area contributed by atoms with E-state index in [0.29, 0.717) is 16.6 Å². The van der Waals surface area contributed by atoms with Crippen LogP contribution in [0.25, 0.3) is 17.1 Å². The lowest BCUT2D eigenvalue weighted by molar-refractivity contribution is -0.131. The maximum Gasteiger partial charge on any atom is 0.328 e. The highest BCUT2D eigenvalue weighted by Crippen LogP contribution is 2.18. The molecule has 0 aliphatic rings. The molecule has 76 valence electrons. The van der Waals surface area contributed by atoms with Crippen LogP contribution in [0.3, 0.4) is 0 Å². The van der Waals surface area contributed by atoms with Crippen LogP contribution in [0.15, 0.2) is 24.5 Å². The fourth-order valence-corrected chi connectivity index (χ4v) is 1.33. The summed E-state index contributed by atoms with van der Waals surface area (Å²) in [7, 11) is 0. The molecule has 2 aromatic rings. The number of aromatic nitrogens is 2. The Kier molecular flexibility index (Phi) is 2.21. The van der Waals surface area contributed by atoms with Gasteiger partial charge in [0.05, 0.1) is 17.4 Å². The van der Waals surface area contributed by atoms with Gasteiger partial charge in [-0.1, -0.05) is 0 Å². The van der Waals surface area contributed by atoms with Crippen molar-refractivity contribution in [2.75, 3.05) is 0 Å². The summed E-state index contributed by atoms with van der Waals surface area (Å²) in [6, 6.07) is 2.54. The highest BCUT2D eigenvalue weighted by Gasteiger charge is 2.04. The molecule has 1 aromatic carbocycles. The Morgan fingerprint density at radius 3 is 3.07 bits per heavy atom. The minimum atomic E-state index is -1.08. The summed E-state index contributed by atoms with van der Waals surface area (Å²) in [5.41, 5.74) is 1.53. The Morgan fingerprint density at radius 2 is 2.33 bits per heavy atom. The summed E-state index contributed by atoms with van der Waals surface area (Å²) < 4.78 is 13.1. The molecule has 5 heteroatoms. The number of H-pyrrole nitrogens is 1. The van der Waals surface area contributed by atoms with E-state index in [0.717, 1.165) is 6.08 Å². The van der Waals surface area contributed by atoms with E-state index < -0.39 is 11.8 Å². The largest absolute Gasteiger partial charge is 0.478 e. The van der Waals surface area contributed by atoms with E-state index in [2.05, 4.69) is 9.97 Å². The Labute approximate surface area is 84.1 Å². The maximum atomic E-state index is 13.1. The number of nitrogens with zero attached hydrogens (tertiary/aromatic N) is 1. The van der Waals surface area contributed by atoms with Gasteiger partial charge >= 0.3 is 5.97 Å². The molecule has 0 aliphatic heterocycles. The summed E-state index contributed by atoms with van der Waals surface area (Å²) >= 11 is 0. The van der Waals surface area contributed by atoms with Crippen molar-refractivity contribution in [3.63, 3.8) is 0 Å². The van der Waals surface area contributed by atoms with E-state index in [9.17, 15) is 9.18 Å². The number of fused-ring (bicyclic) bond motifs is 1. The lowest BCUT2D eigenvalue weighted by atomic mass is 10.1. The number of imidazole rings is 1. The van der Waals surface area contributed by atoms with Gasteiger partial charge in [-0.2, -0.15) is 0 Å². The van der Waals surface area contributed by atoms with Gasteiger partial charge in [0.25, 0.3) is 0 Å². The second-order valence-corrected chi connectivity index (χ2v) is 2.97. The normalized spacial score (nSPS) is 11.3. The fourth-order valence-electron chi connectivity index (χ4n) is 1.33. The van der Waals surface area contributed by atoms with E-state index in [1.165, 1.54) is 24.5 Å². The van der Waals surface area contributed by atoms with Gasteiger partial charge in [-0.25, -0.2) is 14.2 Å². The number of rotatable bonds is 2. The molecule has 0 spiro atoms. The number of aromatic amines is 1. The van der Waals surface area contributed by atoms with Gasteiger partial charge in [-0.3, -0.25) is 0 Å². The molecule has 4 nitrogen and oxygen atoms in total. The molecule has 0 bridgehead atoms. The molecule has 0 radical (unpaired) electrons. The standard InChI is InChI=1S/C10H7FN2O2/c11-7-3-6(1-2-9(14)15)10-8(4-7)12-5-13-10/h1-5H,(H,12,13)(H,14,15)/b2-1+. The molecule has 15 heavy (non-hydrogen) atoms. The van der Waals surface area contributed by atoms with Gasteiger partial charge in [-0.05, 0) is 18.2 Å². The van der Waals surface area contributed by atoms with Crippen LogP contribution < -0.4 is 0 Å². The quantitative estimate of drug-likeness (QED) is 0.736. The first-order chi connectivity index (χ1) is 7.16. The van der Waals surface area contributed by atoms with E-state index in [1.54, 1.807) is 0 Å². The topological polar surface area (TPSA) is 66.0 Å². The van der Waals surface area contributed by atoms with Crippen LogP contribution in [0, 0.1) is 5.82 Å². The van der Waals surface area contributed by atoms with Crippen molar-refractivity contribution in [3.8, 4) is 0 Å². The number of aliphatic carboxylic acids is 1. The van der Waals surface area contributed by atoms with Crippen molar-refractivity contribution < 1.29 is 14.3 Å². The Hall–Kier alpha value is -2.17. The van der Waals surface area contributed by atoms with Gasteiger partial charge in [0, 0.05) is 11.6 Å². The number of hydrogen-bond acceptors (Lipinski definition) is 2. The Morgan fingerprint density at radius 1 is 1.53 bits per heavy atom. The summed E-state index contributed by atoms with van der Waals surface area (Å²) in [6.07, 6.45) is 3.69. The molecule has 0 saturated carbocycles. The van der Waals surface area contributed by atoms with Crippen LogP contribution in [0.2, 0.25) is 0 Å². The van der Waals surface area contributed by atoms with Gasteiger partial charge < -0.3 is 10.1 Å². The SMILES string of the molecule is O=C(O)/C=C/c1cc(F)cc2[nH]cnc12. The third-order valence-corrected chi connectivity index (χ3v) is 1.92. The van der Waals surface area contributed by atoms with Crippen LogP contribution in [0.5, 0.6) is 0 Å². The predicted molar refractivity (Wildman–Crippen MR) is 52.7 cm³/mol. The number of carboxylic acids is 1. The minimum Gasteiger partial charge on any atom is -0.478 e. The third kappa shape index (κ3) is 1.85. The average molecular weight is 206 g/mol. The van der Waals surface area contributed by atoms with Crippen LogP contribution in [0.1, 0.15) is 5.56 Å². The Balaban J connectivity index is 2.58. The fraction of sp³-hybridized carbons (Fsp3) is 0. The van der Waals surface area contributed by atoms with Crippen molar-refractivity contribution in [3.05, 3.63) is 35.9 Å². The zero-order valence-corrected chi connectivity index (χ0v) is 7.57. The van der Waals surface area contributed by atoms with Gasteiger partial charge in [0.15, 0.2) is 0 Å². The number of nitrogens with one attached hydrogen (secondary N) is 1. The van der Waals surface area contributed by atoms with Crippen molar-refractivity contribution in [2.24, 2.45) is 0 Å². The molecule has 0 atom stereocenters. The number of hydrogen-bond donors (Lipinski definition) is 2. The van der Waals surface area contributed by atoms with Gasteiger partial charge in [-0.15, -0.1) is 0 Å². The average Bonchev–Trinajstić information content (AvgIpc) is 2.61. The number of halogens is 1. The van der Waals surface area contributed by atoms with Crippen molar-refractivity contribution in [1.29, 1.82) is 0 Å². The number of benzene rings is 1. The van der Waals surface area contributed by atoms with Crippen LogP contribution in [0.4, 0.5) is 4.39 Å². The van der Waals surface area contributed by atoms with Crippen molar-refractivity contribution >= 4 is 23.1 Å². The highest BCUT2D eigenvalue weighted by atomic mass is 19.1. The summed E-state index contributed by atoms with van der Waals surface area (Å²) in [6.45, 7) is 0. The lowest BCUT2D eigenvalue weighted by Gasteiger charge is -1.95. The molecule has 2 N–H and O–H groups in total. The van der Waals surface area contributed by atoms with E-state index >= 15 is 0 Å². The molecule has 1 heterocycles. The number of carboxylic acid groups (broad SMARTS) is 1. The monoisotopic (exact) mass is 206 g/mol. The number of carbonyl (C=O) groups is 1. The minimum absolute atomic E-state index is 0.434. The maximum absolute atomic E-state index is 13.1. The molecule has 0 saturated heterocycles. The zero-order valence-electron chi connectivity index (χ0n) is 7.57. The third-order valence-electron chi connectivity index (χ3n) is 1.92. The molecule has 0 unspecified atom stereocenters. The second kappa shape index (κ2) is 3.53. The molecule has 1 aromatic heterocycles. The van der Waals surface area contributed by atoms with Crippen LogP contribution in [-0.2, 0) is 4.79 Å². The van der Waals surface area contributed by atoms with Crippen LogP contribution >= 0.6 is 0 Å². The lowest BCUT2D eigenvalue weighted by Crippen LogP contribution is -1.87. The summed E-state index contributed by atoms with van der Waals surface area (Å²) in [5.74, 6) is -1.51.